The van der Waals surface area contributed by atoms with Crippen LogP contribution in [0.3, 0.4) is 0 Å². The number of hydrogen-bond acceptors (Lipinski definition) is 5. The molecule has 0 aromatic rings. The Morgan fingerprint density at radius 3 is 2.75 bits per heavy atom. The summed E-state index contributed by atoms with van der Waals surface area (Å²) in [6, 6.07) is 0. The number of rotatable bonds is 2. The molecule has 0 aromatic heterocycles. The first kappa shape index (κ1) is 9.47. The number of thioether (sulfide) groups is 1. The maximum Gasteiger partial charge on any atom is 0.241 e. The Bertz CT molecular complexity index is 253. The van der Waals surface area contributed by atoms with E-state index in [1.807, 2.05) is 0 Å². The Morgan fingerprint density at radius 1 is 1.83 bits per heavy atom. The first-order valence-corrected chi connectivity index (χ1v) is 4.53. The van der Waals surface area contributed by atoms with Crippen LogP contribution in [0.15, 0.2) is 0 Å². The molecule has 12 heavy (non-hydrogen) atoms. The first-order chi connectivity index (χ1) is 5.52. The van der Waals surface area contributed by atoms with Gasteiger partial charge < -0.3 is 9.90 Å². The van der Waals surface area contributed by atoms with E-state index in [0.717, 1.165) is 4.90 Å². The van der Waals surface area contributed by atoms with Crippen LogP contribution < -0.4 is 5.11 Å². The van der Waals surface area contributed by atoms with Crippen molar-refractivity contribution in [1.82, 2.24) is 4.90 Å². The molecule has 0 radical (unpaired) electrons. The molecule has 0 aromatic carbocycles. The van der Waals surface area contributed by atoms with Crippen LogP contribution >= 0.6 is 24.0 Å². The Kier molecular flexibility index (Phi) is 2.69. The molecular weight excluding hydrogens is 198 g/mol. The van der Waals surface area contributed by atoms with Gasteiger partial charge in [0.05, 0.1) is 17.8 Å². The molecule has 1 fully saturated rings. The van der Waals surface area contributed by atoms with Crippen molar-refractivity contribution in [1.29, 1.82) is 0 Å². The molecule has 0 bridgehead atoms. The molecule has 6 heteroatoms. The molecule has 1 atom stereocenters. The lowest BCUT2D eigenvalue weighted by atomic mass is 10.4. The highest BCUT2D eigenvalue weighted by Gasteiger charge is 2.33. The summed E-state index contributed by atoms with van der Waals surface area (Å²) in [6.07, 6.45) is 0. The van der Waals surface area contributed by atoms with E-state index < -0.39 is 12.5 Å². The summed E-state index contributed by atoms with van der Waals surface area (Å²) in [5.74, 6) is -1.55. The normalized spacial score (nSPS) is 23.4. The van der Waals surface area contributed by atoms with Crippen molar-refractivity contribution in [2.24, 2.45) is 0 Å². The highest BCUT2D eigenvalue weighted by molar-refractivity contribution is 8.24. The van der Waals surface area contributed by atoms with E-state index in [1.165, 1.54) is 11.8 Å². The van der Waals surface area contributed by atoms with Gasteiger partial charge in [0.1, 0.15) is 4.32 Å². The number of amides is 1. The summed E-state index contributed by atoms with van der Waals surface area (Å²) < 4.78 is 0.316. The van der Waals surface area contributed by atoms with Crippen molar-refractivity contribution in [3.05, 3.63) is 0 Å². The highest BCUT2D eigenvalue weighted by atomic mass is 32.2. The summed E-state index contributed by atoms with van der Waals surface area (Å²) in [4.78, 5) is 22.4. The van der Waals surface area contributed by atoms with Gasteiger partial charge in [0, 0.05) is 0 Å². The van der Waals surface area contributed by atoms with Gasteiger partial charge in [0.15, 0.2) is 0 Å². The van der Waals surface area contributed by atoms with E-state index in [4.69, 9.17) is 12.2 Å². The summed E-state index contributed by atoms with van der Waals surface area (Å²) in [6.45, 7) is 1.25. The van der Waals surface area contributed by atoms with Crippen LogP contribution in [0.4, 0.5) is 0 Å². The van der Waals surface area contributed by atoms with Gasteiger partial charge in [0.25, 0.3) is 0 Å². The minimum Gasteiger partial charge on any atom is -0.548 e. The van der Waals surface area contributed by atoms with E-state index in [1.54, 1.807) is 6.92 Å². The zero-order valence-electron chi connectivity index (χ0n) is 6.27. The van der Waals surface area contributed by atoms with Gasteiger partial charge in [-0.05, 0) is 6.92 Å². The number of nitrogens with zero attached hydrogens (tertiary/aromatic N) is 1. The van der Waals surface area contributed by atoms with Gasteiger partial charge in [0.2, 0.25) is 5.91 Å². The van der Waals surface area contributed by atoms with E-state index in [-0.39, 0.29) is 11.2 Å². The van der Waals surface area contributed by atoms with Gasteiger partial charge in [-0.3, -0.25) is 9.69 Å². The Labute approximate surface area is 78.9 Å². The lowest BCUT2D eigenvalue weighted by Crippen LogP contribution is -2.41. The van der Waals surface area contributed by atoms with Crippen molar-refractivity contribution < 1.29 is 14.7 Å². The maximum atomic E-state index is 11.2. The molecule has 0 saturated carbocycles. The molecule has 66 valence electrons. The SMILES string of the molecule is C[C@@H]1SC(=S)N(CC(=O)[O-])C1=O. The molecule has 4 nitrogen and oxygen atoms in total. The molecule has 0 aliphatic carbocycles. The van der Waals surface area contributed by atoms with Crippen molar-refractivity contribution in [3.8, 4) is 0 Å². The fraction of sp³-hybridized carbons (Fsp3) is 0.500. The van der Waals surface area contributed by atoms with Gasteiger partial charge in [-0.25, -0.2) is 0 Å². The smallest absolute Gasteiger partial charge is 0.241 e. The Balaban J connectivity index is 2.70. The Morgan fingerprint density at radius 2 is 2.42 bits per heavy atom. The second-order valence-electron chi connectivity index (χ2n) is 2.32. The molecule has 1 heterocycles. The third kappa shape index (κ3) is 1.75. The fourth-order valence-corrected chi connectivity index (χ4v) is 2.25. The van der Waals surface area contributed by atoms with Crippen LogP contribution in [-0.2, 0) is 9.59 Å². The van der Waals surface area contributed by atoms with E-state index in [9.17, 15) is 14.7 Å². The van der Waals surface area contributed by atoms with Gasteiger partial charge in [-0.2, -0.15) is 0 Å². The molecule has 0 spiro atoms. The molecule has 1 amide bonds. The molecule has 0 N–H and O–H groups in total. The number of aliphatic carboxylic acids is 1. The monoisotopic (exact) mass is 204 g/mol. The predicted molar refractivity (Wildman–Crippen MR) is 46.4 cm³/mol. The zero-order chi connectivity index (χ0) is 9.30. The van der Waals surface area contributed by atoms with Crippen LogP contribution in [-0.4, -0.2) is 32.9 Å². The van der Waals surface area contributed by atoms with Crippen LogP contribution in [0.25, 0.3) is 0 Å². The second-order valence-corrected chi connectivity index (χ2v) is 4.30. The van der Waals surface area contributed by atoms with Crippen molar-refractivity contribution in [2.45, 2.75) is 12.2 Å². The number of carboxylic acid groups (broad SMARTS) is 1. The van der Waals surface area contributed by atoms with Crippen LogP contribution in [0.5, 0.6) is 0 Å². The minimum atomic E-state index is -1.29. The van der Waals surface area contributed by atoms with E-state index >= 15 is 0 Å². The van der Waals surface area contributed by atoms with Crippen LogP contribution in [0.2, 0.25) is 0 Å². The largest absolute Gasteiger partial charge is 0.548 e. The van der Waals surface area contributed by atoms with Crippen molar-refractivity contribution >= 4 is 40.2 Å². The highest BCUT2D eigenvalue weighted by Crippen LogP contribution is 2.25. The molecule has 1 saturated heterocycles. The Hall–Kier alpha value is -0.620. The van der Waals surface area contributed by atoms with Gasteiger partial charge >= 0.3 is 0 Å². The van der Waals surface area contributed by atoms with Crippen molar-refractivity contribution in [2.75, 3.05) is 6.54 Å². The molecule has 1 rings (SSSR count). The number of hydrogen-bond donors (Lipinski definition) is 0. The topological polar surface area (TPSA) is 60.4 Å². The van der Waals surface area contributed by atoms with Gasteiger partial charge in [-0.1, -0.05) is 24.0 Å². The molecule has 1 aliphatic rings. The fourth-order valence-electron chi connectivity index (χ4n) is 0.846. The van der Waals surface area contributed by atoms with Crippen molar-refractivity contribution in [3.63, 3.8) is 0 Å². The number of thiocarbonyl (C=S) groups is 1. The third-order valence-electron chi connectivity index (χ3n) is 1.40. The first-order valence-electron chi connectivity index (χ1n) is 3.24. The maximum absolute atomic E-state index is 11.2. The quantitative estimate of drug-likeness (QED) is 0.539. The van der Waals surface area contributed by atoms with Crippen LogP contribution in [0.1, 0.15) is 6.92 Å². The second kappa shape index (κ2) is 3.40. The van der Waals surface area contributed by atoms with E-state index in [0.29, 0.717) is 4.32 Å². The minimum absolute atomic E-state index is 0.255. The molecular formula is C6H6NO3S2-. The lowest BCUT2D eigenvalue weighted by Gasteiger charge is -2.14. The summed E-state index contributed by atoms with van der Waals surface area (Å²) in [5, 5.41) is 9.91. The van der Waals surface area contributed by atoms with E-state index in [2.05, 4.69) is 0 Å². The van der Waals surface area contributed by atoms with Gasteiger partial charge in [-0.15, -0.1) is 0 Å². The zero-order valence-corrected chi connectivity index (χ0v) is 7.91. The summed E-state index contributed by atoms with van der Waals surface area (Å²) in [7, 11) is 0. The average molecular weight is 204 g/mol. The van der Waals surface area contributed by atoms with Crippen LogP contribution in [0, 0.1) is 0 Å². The third-order valence-corrected chi connectivity index (χ3v) is 2.89. The number of carbonyl (C=O) groups is 2. The molecule has 0 unspecified atom stereocenters. The number of carbonyl (C=O) groups excluding carboxylic acids is 2. The summed E-state index contributed by atoms with van der Waals surface area (Å²) in [5.41, 5.74) is 0. The summed E-state index contributed by atoms with van der Waals surface area (Å²) >= 11 is 5.99. The average Bonchev–Trinajstić information content (AvgIpc) is 2.16. The lowest BCUT2D eigenvalue weighted by molar-refractivity contribution is -0.305. The molecule has 1 aliphatic heterocycles. The standard InChI is InChI=1S/C6H7NO3S2/c1-3-5(10)7(2-4(8)9)6(11)12-3/h3H,2H2,1H3,(H,8,9)/p-1/t3-/m0/s1. The predicted octanol–water partition coefficient (Wildman–Crippen LogP) is -1.01. The number of carboxylic acids is 1.